The molecule has 0 N–H and O–H groups in total. The molecule has 2 aliphatic rings. The van der Waals surface area contributed by atoms with Gasteiger partial charge in [0.2, 0.25) is 5.75 Å². The Morgan fingerprint density at radius 2 is 1.67 bits per heavy atom. The summed E-state index contributed by atoms with van der Waals surface area (Å²) < 4.78 is 16.3. The highest BCUT2D eigenvalue weighted by molar-refractivity contribution is 5.63. The van der Waals surface area contributed by atoms with Crippen LogP contribution in [0.5, 0.6) is 17.2 Å². The first kappa shape index (κ1) is 14.3. The van der Waals surface area contributed by atoms with E-state index in [1.807, 2.05) is 12.1 Å². The topological polar surface area (TPSA) is 34.2 Å². The Morgan fingerprint density at radius 3 is 2.29 bits per heavy atom. The third kappa shape index (κ3) is 2.62. The summed E-state index contributed by atoms with van der Waals surface area (Å²) in [5, 5.41) is 0. The zero-order valence-corrected chi connectivity index (χ0v) is 13.1. The summed E-state index contributed by atoms with van der Waals surface area (Å²) in [5.41, 5.74) is 1.15. The predicted molar refractivity (Wildman–Crippen MR) is 82.9 cm³/mol. The zero-order chi connectivity index (χ0) is 14.8. The molecule has 0 bridgehead atoms. The van der Waals surface area contributed by atoms with Crippen molar-refractivity contribution in [3.8, 4) is 17.2 Å². The van der Waals surface area contributed by atoms with E-state index in [-0.39, 0.29) is 0 Å². The Hall–Kier alpha value is -1.62. The van der Waals surface area contributed by atoms with Gasteiger partial charge >= 0.3 is 0 Å². The van der Waals surface area contributed by atoms with Crippen LogP contribution in [0.4, 0.5) is 5.69 Å². The summed E-state index contributed by atoms with van der Waals surface area (Å²) in [5.74, 6) is 2.10. The minimum atomic E-state index is 0.656. The fourth-order valence-corrected chi connectivity index (χ4v) is 3.48. The minimum Gasteiger partial charge on any atom is -0.493 e. The fourth-order valence-electron chi connectivity index (χ4n) is 3.48. The van der Waals surface area contributed by atoms with Crippen LogP contribution in [0.25, 0.3) is 0 Å². The van der Waals surface area contributed by atoms with Gasteiger partial charge in [-0.25, -0.2) is 0 Å². The number of piperazine rings is 1. The molecule has 1 unspecified atom stereocenters. The highest BCUT2D eigenvalue weighted by Gasteiger charge is 2.31. The quantitative estimate of drug-likeness (QED) is 0.848. The van der Waals surface area contributed by atoms with Crippen LogP contribution in [-0.2, 0) is 0 Å². The lowest BCUT2D eigenvalue weighted by Crippen LogP contribution is -2.50. The van der Waals surface area contributed by atoms with Gasteiger partial charge in [-0.05, 0) is 19.4 Å². The number of rotatable bonds is 4. The second-order valence-electron chi connectivity index (χ2n) is 5.66. The van der Waals surface area contributed by atoms with Crippen molar-refractivity contribution in [2.24, 2.45) is 0 Å². The van der Waals surface area contributed by atoms with Crippen molar-refractivity contribution in [1.82, 2.24) is 4.90 Å². The maximum atomic E-state index is 5.45. The van der Waals surface area contributed by atoms with Gasteiger partial charge in [0.15, 0.2) is 11.5 Å². The molecule has 0 amide bonds. The highest BCUT2D eigenvalue weighted by atomic mass is 16.5. The number of methoxy groups -OCH3 is 3. The minimum absolute atomic E-state index is 0.656. The van der Waals surface area contributed by atoms with Crippen LogP contribution in [0.3, 0.4) is 0 Å². The van der Waals surface area contributed by atoms with E-state index in [0.717, 1.165) is 36.8 Å². The largest absolute Gasteiger partial charge is 0.493 e. The number of benzene rings is 1. The SMILES string of the molecule is COc1cc(N2CCN3CCCC3C2)cc(OC)c1OC. The number of hydrogen-bond donors (Lipinski definition) is 0. The molecule has 1 atom stereocenters. The van der Waals surface area contributed by atoms with Crippen molar-refractivity contribution in [2.45, 2.75) is 18.9 Å². The third-order valence-corrected chi connectivity index (χ3v) is 4.60. The van der Waals surface area contributed by atoms with Gasteiger partial charge in [-0.1, -0.05) is 0 Å². The molecule has 0 aromatic heterocycles. The lowest BCUT2D eigenvalue weighted by Gasteiger charge is -2.39. The first-order valence-corrected chi connectivity index (χ1v) is 7.56. The van der Waals surface area contributed by atoms with Gasteiger partial charge in [-0.3, -0.25) is 4.90 Å². The molecule has 2 aliphatic heterocycles. The van der Waals surface area contributed by atoms with Crippen molar-refractivity contribution in [3.63, 3.8) is 0 Å². The van der Waals surface area contributed by atoms with E-state index in [9.17, 15) is 0 Å². The van der Waals surface area contributed by atoms with E-state index in [1.165, 1.54) is 19.4 Å². The van der Waals surface area contributed by atoms with E-state index >= 15 is 0 Å². The molecule has 3 rings (SSSR count). The van der Waals surface area contributed by atoms with E-state index in [4.69, 9.17) is 14.2 Å². The summed E-state index contributed by atoms with van der Waals surface area (Å²) in [4.78, 5) is 5.03. The van der Waals surface area contributed by atoms with E-state index < -0.39 is 0 Å². The maximum absolute atomic E-state index is 5.45. The van der Waals surface area contributed by atoms with Crippen LogP contribution in [0.2, 0.25) is 0 Å². The molecule has 5 heteroatoms. The molecule has 0 spiro atoms. The highest BCUT2D eigenvalue weighted by Crippen LogP contribution is 2.41. The van der Waals surface area contributed by atoms with E-state index in [0.29, 0.717) is 11.8 Å². The molecule has 1 aromatic rings. The molecule has 0 radical (unpaired) electrons. The third-order valence-electron chi connectivity index (χ3n) is 4.60. The van der Waals surface area contributed by atoms with Gasteiger partial charge in [0.05, 0.1) is 21.3 Å². The summed E-state index contributed by atoms with van der Waals surface area (Å²) in [6.07, 6.45) is 2.63. The van der Waals surface area contributed by atoms with Gasteiger partial charge in [-0.2, -0.15) is 0 Å². The first-order valence-electron chi connectivity index (χ1n) is 7.56. The molecule has 116 valence electrons. The standard InChI is InChI=1S/C16H24N2O3/c1-19-14-9-13(10-15(20-2)16(14)21-3)18-8-7-17-6-4-5-12(17)11-18/h9-10,12H,4-8,11H2,1-3H3. The summed E-state index contributed by atoms with van der Waals surface area (Å²) in [6.45, 7) is 4.53. The molecule has 1 aromatic carbocycles. The molecule has 0 saturated carbocycles. The molecular formula is C16H24N2O3. The van der Waals surface area contributed by atoms with Gasteiger partial charge in [0, 0.05) is 43.5 Å². The number of ether oxygens (including phenoxy) is 3. The Balaban J connectivity index is 1.87. The molecule has 0 aliphatic carbocycles. The van der Waals surface area contributed by atoms with Crippen LogP contribution in [0.1, 0.15) is 12.8 Å². The lowest BCUT2D eigenvalue weighted by atomic mass is 10.1. The molecule has 2 heterocycles. The fraction of sp³-hybridized carbons (Fsp3) is 0.625. The van der Waals surface area contributed by atoms with Crippen LogP contribution in [0.15, 0.2) is 12.1 Å². The zero-order valence-electron chi connectivity index (χ0n) is 13.1. The van der Waals surface area contributed by atoms with Crippen LogP contribution in [-0.4, -0.2) is 58.5 Å². The normalized spacial score (nSPS) is 22.0. The lowest BCUT2D eigenvalue weighted by molar-refractivity contribution is 0.230. The Labute approximate surface area is 126 Å². The second kappa shape index (κ2) is 6.02. The molecule has 2 saturated heterocycles. The van der Waals surface area contributed by atoms with Crippen LogP contribution >= 0.6 is 0 Å². The molecule has 5 nitrogen and oxygen atoms in total. The first-order chi connectivity index (χ1) is 10.3. The molecule has 21 heavy (non-hydrogen) atoms. The monoisotopic (exact) mass is 292 g/mol. The van der Waals surface area contributed by atoms with Crippen molar-refractivity contribution in [1.29, 1.82) is 0 Å². The average Bonchev–Trinajstić information content (AvgIpc) is 3.00. The number of fused-ring (bicyclic) bond motifs is 1. The van der Waals surface area contributed by atoms with Gasteiger partial charge < -0.3 is 19.1 Å². The van der Waals surface area contributed by atoms with Crippen LogP contribution < -0.4 is 19.1 Å². The van der Waals surface area contributed by atoms with Gasteiger partial charge in [0.1, 0.15) is 0 Å². The van der Waals surface area contributed by atoms with Crippen molar-refractivity contribution in [3.05, 3.63) is 12.1 Å². The summed E-state index contributed by atoms with van der Waals surface area (Å²) in [7, 11) is 4.96. The van der Waals surface area contributed by atoms with E-state index in [2.05, 4.69) is 9.80 Å². The van der Waals surface area contributed by atoms with Gasteiger partial charge in [-0.15, -0.1) is 0 Å². The molecule has 2 fully saturated rings. The van der Waals surface area contributed by atoms with Gasteiger partial charge in [0.25, 0.3) is 0 Å². The molecular weight excluding hydrogens is 268 g/mol. The number of nitrogens with zero attached hydrogens (tertiary/aromatic N) is 2. The second-order valence-corrected chi connectivity index (χ2v) is 5.66. The Morgan fingerprint density at radius 1 is 0.952 bits per heavy atom. The maximum Gasteiger partial charge on any atom is 0.203 e. The Bertz CT molecular complexity index is 481. The van der Waals surface area contributed by atoms with Crippen molar-refractivity contribution in [2.75, 3.05) is 52.4 Å². The number of anilines is 1. The van der Waals surface area contributed by atoms with Crippen molar-refractivity contribution >= 4 is 5.69 Å². The van der Waals surface area contributed by atoms with Crippen LogP contribution in [0, 0.1) is 0 Å². The predicted octanol–water partition coefficient (Wildman–Crippen LogP) is 2.00. The Kier molecular flexibility index (Phi) is 4.10. The number of hydrogen-bond acceptors (Lipinski definition) is 5. The smallest absolute Gasteiger partial charge is 0.203 e. The van der Waals surface area contributed by atoms with E-state index in [1.54, 1.807) is 21.3 Å². The summed E-state index contributed by atoms with van der Waals surface area (Å²) in [6, 6.07) is 4.79. The summed E-state index contributed by atoms with van der Waals surface area (Å²) >= 11 is 0. The van der Waals surface area contributed by atoms with Crippen molar-refractivity contribution < 1.29 is 14.2 Å². The average molecular weight is 292 g/mol.